The molecule has 0 aliphatic rings. The van der Waals surface area contributed by atoms with Gasteiger partial charge in [-0.05, 0) is 58.6 Å². The summed E-state index contributed by atoms with van der Waals surface area (Å²) < 4.78 is 23.0. The van der Waals surface area contributed by atoms with Gasteiger partial charge in [0.05, 0.1) is 37.3 Å². The normalized spacial score (nSPS) is 13.9. The number of hydrazone groups is 2. The fraction of sp³-hybridized carbons (Fsp3) is 0.800. The molecule has 0 bridgehead atoms. The van der Waals surface area contributed by atoms with Crippen molar-refractivity contribution < 1.29 is 33.3 Å². The van der Waals surface area contributed by atoms with Gasteiger partial charge in [-0.2, -0.15) is 10.2 Å². The number of nitrogens with one attached hydrogen (secondary N) is 4. The van der Waals surface area contributed by atoms with E-state index in [0.717, 1.165) is 0 Å². The molecule has 0 amide bonds. The van der Waals surface area contributed by atoms with E-state index in [1.165, 1.54) is 6.21 Å². The molecule has 0 rings (SSSR count). The highest BCUT2D eigenvalue weighted by molar-refractivity contribution is 7.80. The van der Waals surface area contributed by atoms with Gasteiger partial charge in [-0.1, -0.05) is 0 Å². The highest BCUT2D eigenvalue weighted by atomic mass is 32.1. The number of thiocarbonyl (C=S) groups is 2. The van der Waals surface area contributed by atoms with E-state index in [0.29, 0.717) is 44.6 Å². The van der Waals surface area contributed by atoms with Crippen molar-refractivity contribution in [1.29, 1.82) is 0 Å². The van der Waals surface area contributed by atoms with Crippen LogP contribution in [0.4, 0.5) is 0 Å². The van der Waals surface area contributed by atoms with Gasteiger partial charge in [0.1, 0.15) is 0 Å². The Bertz CT molecular complexity index is 661. The second-order valence-corrected chi connectivity index (χ2v) is 10.9. The van der Waals surface area contributed by atoms with E-state index in [1.54, 1.807) is 6.92 Å². The average molecular weight is 571 g/mol. The zero-order valence-electron chi connectivity index (χ0n) is 21.5. The van der Waals surface area contributed by atoms with E-state index in [2.05, 4.69) is 31.7 Å². The van der Waals surface area contributed by atoms with Gasteiger partial charge in [0.2, 0.25) is 0 Å². The summed E-state index contributed by atoms with van der Waals surface area (Å²) in [6.45, 7) is 9.54. The van der Waals surface area contributed by atoms with Gasteiger partial charge in [-0.15, -0.1) is 0 Å². The van der Waals surface area contributed by atoms with Crippen molar-refractivity contribution in [2.24, 2.45) is 10.2 Å². The van der Waals surface area contributed by atoms with Crippen LogP contribution in [0.3, 0.4) is 0 Å². The number of hydrogen-bond donors (Lipinski definition) is 7. The van der Waals surface area contributed by atoms with Crippen LogP contribution in [0.5, 0.6) is 0 Å². The molecule has 0 radical (unpaired) electrons. The first-order valence-electron chi connectivity index (χ1n) is 11.8. The SMILES string of the molecule is CCO[Si](CCCOCC(O)CNC(=S)N/N=C(C)\C=N\NC(=S)NCC(O)CO)(OCC)OCC. The number of ether oxygens (including phenoxy) is 1. The van der Waals surface area contributed by atoms with Crippen molar-refractivity contribution in [3.05, 3.63) is 0 Å². The van der Waals surface area contributed by atoms with E-state index in [9.17, 15) is 10.2 Å². The van der Waals surface area contributed by atoms with Crippen LogP contribution in [-0.2, 0) is 18.0 Å². The highest BCUT2D eigenvalue weighted by Crippen LogP contribution is 2.18. The largest absolute Gasteiger partial charge is 0.501 e. The molecule has 0 saturated heterocycles. The maximum atomic E-state index is 10.1. The molecule has 0 aromatic carbocycles. The smallest absolute Gasteiger partial charge is 0.394 e. The van der Waals surface area contributed by atoms with Crippen LogP contribution < -0.4 is 21.5 Å². The lowest BCUT2D eigenvalue weighted by Crippen LogP contribution is -2.46. The van der Waals surface area contributed by atoms with Crippen LogP contribution in [0.15, 0.2) is 10.2 Å². The Balaban J connectivity index is 4.13. The molecule has 36 heavy (non-hydrogen) atoms. The highest BCUT2D eigenvalue weighted by Gasteiger charge is 2.39. The molecule has 0 spiro atoms. The lowest BCUT2D eigenvalue weighted by atomic mass is 10.4. The number of hydrogen-bond acceptors (Lipinski definition) is 11. The Morgan fingerprint density at radius 2 is 1.50 bits per heavy atom. The van der Waals surface area contributed by atoms with E-state index in [4.69, 9.17) is 47.6 Å². The first-order valence-corrected chi connectivity index (χ1v) is 14.6. The summed E-state index contributed by atoms with van der Waals surface area (Å²) in [5.74, 6) is 0. The Morgan fingerprint density at radius 1 is 0.944 bits per heavy atom. The number of nitrogens with zero attached hydrogens (tertiary/aromatic N) is 2. The van der Waals surface area contributed by atoms with Crippen LogP contribution in [0, 0.1) is 0 Å². The molecule has 2 atom stereocenters. The predicted molar refractivity (Wildman–Crippen MR) is 149 cm³/mol. The standard InChI is InChI=1S/C20H42N6O7S2Si/c1-5-31-36(32-6-2,33-7-3)10-8-9-30-15-18(29)13-22-20(35)26-24-16(4)11-23-25-19(34)21-12-17(28)14-27/h11,17-18,27-29H,5-10,12-15H2,1-4H3,(H2,21,25,34)(H2,22,26,35)/b23-11+,24-16-. The lowest BCUT2D eigenvalue weighted by Gasteiger charge is -2.28. The van der Waals surface area contributed by atoms with Gasteiger partial charge in [-0.25, -0.2) is 0 Å². The monoisotopic (exact) mass is 570 g/mol. The van der Waals surface area contributed by atoms with Crippen LogP contribution in [0.1, 0.15) is 34.1 Å². The second kappa shape index (κ2) is 21.7. The molecule has 0 aromatic heterocycles. The van der Waals surface area contributed by atoms with Crippen LogP contribution >= 0.6 is 24.4 Å². The van der Waals surface area contributed by atoms with Crippen molar-refractivity contribution in [2.75, 3.05) is 52.7 Å². The summed E-state index contributed by atoms with van der Waals surface area (Å²) >= 11 is 10.1. The Morgan fingerprint density at radius 3 is 2.06 bits per heavy atom. The minimum Gasteiger partial charge on any atom is -0.394 e. The third-order valence-electron chi connectivity index (χ3n) is 4.13. The van der Waals surface area contributed by atoms with Crippen molar-refractivity contribution in [3.63, 3.8) is 0 Å². The zero-order valence-corrected chi connectivity index (χ0v) is 24.1. The topological polar surface area (TPSA) is 170 Å². The minimum atomic E-state index is -2.68. The molecule has 0 aliphatic heterocycles. The van der Waals surface area contributed by atoms with Crippen molar-refractivity contribution in [2.45, 2.75) is 52.4 Å². The first-order chi connectivity index (χ1) is 17.2. The third-order valence-corrected chi connectivity index (χ3v) is 7.76. The molecule has 2 unspecified atom stereocenters. The van der Waals surface area contributed by atoms with E-state index < -0.39 is 21.0 Å². The van der Waals surface area contributed by atoms with Gasteiger partial charge < -0.3 is 44.0 Å². The maximum absolute atomic E-state index is 10.1. The van der Waals surface area contributed by atoms with Gasteiger partial charge in [0, 0.05) is 45.6 Å². The van der Waals surface area contributed by atoms with Crippen LogP contribution in [-0.4, -0.2) is 111 Å². The summed E-state index contributed by atoms with van der Waals surface area (Å²) in [6.07, 6.45) is 0.441. The number of aliphatic hydroxyl groups excluding tert-OH is 3. The second-order valence-electron chi connectivity index (χ2n) is 7.31. The molecule has 0 heterocycles. The van der Waals surface area contributed by atoms with Crippen LogP contribution in [0.25, 0.3) is 0 Å². The molecular formula is C20H42N6O7S2Si. The van der Waals surface area contributed by atoms with Crippen molar-refractivity contribution in [3.8, 4) is 0 Å². The molecule has 0 saturated carbocycles. The summed E-state index contributed by atoms with van der Waals surface area (Å²) in [6, 6.07) is 0.649. The molecule has 210 valence electrons. The third kappa shape index (κ3) is 18.0. The summed E-state index contributed by atoms with van der Waals surface area (Å²) in [5.41, 5.74) is 5.69. The van der Waals surface area contributed by atoms with Crippen molar-refractivity contribution in [1.82, 2.24) is 21.5 Å². The summed E-state index contributed by atoms with van der Waals surface area (Å²) in [4.78, 5) is 0. The molecule has 7 N–H and O–H groups in total. The average Bonchev–Trinajstić information content (AvgIpc) is 2.85. The van der Waals surface area contributed by atoms with Gasteiger partial charge in [-0.3, -0.25) is 10.9 Å². The van der Waals surface area contributed by atoms with E-state index in [-0.39, 0.29) is 36.5 Å². The van der Waals surface area contributed by atoms with Gasteiger partial charge in [0.15, 0.2) is 10.2 Å². The number of rotatable bonds is 20. The van der Waals surface area contributed by atoms with Crippen molar-refractivity contribution >= 4 is 55.4 Å². The predicted octanol–water partition coefficient (Wildman–Crippen LogP) is -0.554. The van der Waals surface area contributed by atoms with E-state index >= 15 is 0 Å². The zero-order chi connectivity index (χ0) is 27.2. The van der Waals surface area contributed by atoms with Gasteiger partial charge >= 0.3 is 8.80 Å². The number of aliphatic hydroxyl groups is 3. The quantitative estimate of drug-likeness (QED) is 0.0327. The first kappa shape index (κ1) is 34.7. The molecular weight excluding hydrogens is 528 g/mol. The fourth-order valence-electron chi connectivity index (χ4n) is 2.59. The fourth-order valence-corrected chi connectivity index (χ4v) is 5.43. The Hall–Kier alpha value is -1.34. The summed E-state index contributed by atoms with van der Waals surface area (Å²) in [5, 5.41) is 42.0. The van der Waals surface area contributed by atoms with Gasteiger partial charge in [0.25, 0.3) is 0 Å². The molecule has 0 fully saturated rings. The molecule has 0 aliphatic carbocycles. The van der Waals surface area contributed by atoms with E-state index in [1.807, 2.05) is 20.8 Å². The molecule has 13 nitrogen and oxygen atoms in total. The molecule has 0 aromatic rings. The van der Waals surface area contributed by atoms with Crippen LogP contribution in [0.2, 0.25) is 6.04 Å². The Kier molecular flexibility index (Phi) is 20.9. The molecule has 16 heteroatoms. The minimum absolute atomic E-state index is 0.0985. The summed E-state index contributed by atoms with van der Waals surface area (Å²) in [7, 11) is -2.68. The maximum Gasteiger partial charge on any atom is 0.501 e. The lowest BCUT2D eigenvalue weighted by molar-refractivity contribution is 0.0345. The Labute approximate surface area is 225 Å².